The third-order valence-corrected chi connectivity index (χ3v) is 5.85. The van der Waals surface area contributed by atoms with E-state index in [-0.39, 0.29) is 4.90 Å². The summed E-state index contributed by atoms with van der Waals surface area (Å²) in [6, 6.07) is 0. The van der Waals surface area contributed by atoms with E-state index < -0.39 is 10.0 Å². The van der Waals surface area contributed by atoms with Crippen LogP contribution in [0.25, 0.3) is 0 Å². The quantitative estimate of drug-likeness (QED) is 0.671. The molecule has 0 bridgehead atoms. The Kier molecular flexibility index (Phi) is 6.04. The second-order valence-corrected chi connectivity index (χ2v) is 7.78. The van der Waals surface area contributed by atoms with Crippen molar-refractivity contribution in [2.45, 2.75) is 30.7 Å². The molecule has 2 heterocycles. The van der Waals surface area contributed by atoms with Gasteiger partial charge in [0, 0.05) is 38.8 Å². The molecule has 1 aromatic heterocycles. The van der Waals surface area contributed by atoms with Gasteiger partial charge in [-0.05, 0) is 32.4 Å². The average Bonchev–Trinajstić information content (AvgIpc) is 3.13. The van der Waals surface area contributed by atoms with Gasteiger partial charge < -0.3 is 4.90 Å². The van der Waals surface area contributed by atoms with Crippen LogP contribution in [0.3, 0.4) is 0 Å². The first-order valence-corrected chi connectivity index (χ1v) is 9.28. The molecule has 21 heavy (non-hydrogen) atoms. The fourth-order valence-corrected chi connectivity index (χ4v) is 3.65. The van der Waals surface area contributed by atoms with Gasteiger partial charge in [-0.25, -0.2) is 8.42 Å². The van der Waals surface area contributed by atoms with Crippen LogP contribution in [0, 0.1) is 0 Å². The third-order valence-electron chi connectivity index (χ3n) is 3.77. The van der Waals surface area contributed by atoms with Crippen LogP contribution < -0.4 is 0 Å². The molecule has 8 heteroatoms. The zero-order valence-electron chi connectivity index (χ0n) is 12.4. The Hall–Kier alpha value is -0.630. The van der Waals surface area contributed by atoms with Gasteiger partial charge in [0.05, 0.1) is 6.20 Å². The Balaban J connectivity index is 1.93. The minimum Gasteiger partial charge on any atom is -0.302 e. The van der Waals surface area contributed by atoms with Crippen LogP contribution in [0.15, 0.2) is 17.3 Å². The first-order chi connectivity index (χ1) is 10.0. The van der Waals surface area contributed by atoms with E-state index in [0.717, 1.165) is 26.1 Å². The van der Waals surface area contributed by atoms with Gasteiger partial charge in [-0.3, -0.25) is 4.68 Å². The van der Waals surface area contributed by atoms with Crippen LogP contribution in [0.4, 0.5) is 0 Å². The number of likely N-dealkylation sites (N-methyl/N-ethyl adjacent to an activating group) is 1. The first kappa shape index (κ1) is 16.7. The Morgan fingerprint density at radius 2 is 2.05 bits per heavy atom. The normalized spacial score (nSPS) is 16.9. The van der Waals surface area contributed by atoms with E-state index >= 15 is 0 Å². The van der Waals surface area contributed by atoms with Crippen LogP contribution in [0.2, 0.25) is 0 Å². The van der Waals surface area contributed by atoms with Gasteiger partial charge in [0.15, 0.2) is 0 Å². The number of aromatic nitrogens is 2. The predicted octanol–water partition coefficient (Wildman–Crippen LogP) is 1.23. The molecule has 0 unspecified atom stereocenters. The van der Waals surface area contributed by atoms with Gasteiger partial charge in [-0.2, -0.15) is 9.40 Å². The largest absolute Gasteiger partial charge is 0.302 e. The molecule has 1 aromatic rings. The fourth-order valence-electron chi connectivity index (χ4n) is 2.41. The Morgan fingerprint density at radius 1 is 1.33 bits per heavy atom. The van der Waals surface area contributed by atoms with E-state index in [2.05, 4.69) is 10.00 Å². The number of likely N-dealkylation sites (tertiary alicyclic amines) is 1. The summed E-state index contributed by atoms with van der Waals surface area (Å²) in [7, 11) is -1.82. The monoisotopic (exact) mass is 334 g/mol. The maximum absolute atomic E-state index is 12.5. The van der Waals surface area contributed by atoms with E-state index in [1.807, 2.05) is 0 Å². The standard InChI is InChI=1S/C13H23ClN4O2S/c1-16(9-10-17-6-2-3-7-17)21(19,20)13-11-15-18(12-13)8-4-5-14/h11-12H,2-10H2,1H3. The van der Waals surface area contributed by atoms with Crippen LogP contribution in [-0.4, -0.2) is 66.5 Å². The third kappa shape index (κ3) is 4.42. The minimum absolute atomic E-state index is 0.251. The topological polar surface area (TPSA) is 58.4 Å². The van der Waals surface area contributed by atoms with Crippen molar-refractivity contribution in [3.8, 4) is 0 Å². The molecular weight excluding hydrogens is 312 g/mol. The lowest BCUT2D eigenvalue weighted by Crippen LogP contribution is -2.35. The van der Waals surface area contributed by atoms with Gasteiger partial charge in [0.1, 0.15) is 4.90 Å². The molecule has 1 aliphatic rings. The van der Waals surface area contributed by atoms with Crippen molar-refractivity contribution in [3.63, 3.8) is 0 Å². The molecule has 120 valence electrons. The van der Waals surface area contributed by atoms with E-state index in [4.69, 9.17) is 11.6 Å². The maximum atomic E-state index is 12.5. The van der Waals surface area contributed by atoms with Crippen LogP contribution in [0.5, 0.6) is 0 Å². The number of alkyl halides is 1. The van der Waals surface area contributed by atoms with Gasteiger partial charge in [0.2, 0.25) is 10.0 Å². The highest BCUT2D eigenvalue weighted by molar-refractivity contribution is 7.89. The zero-order valence-corrected chi connectivity index (χ0v) is 14.0. The zero-order chi connectivity index (χ0) is 15.3. The number of halogens is 1. The highest BCUT2D eigenvalue weighted by Gasteiger charge is 2.23. The summed E-state index contributed by atoms with van der Waals surface area (Å²) >= 11 is 5.63. The molecule has 6 nitrogen and oxygen atoms in total. The SMILES string of the molecule is CN(CCN1CCCC1)S(=O)(=O)c1cnn(CCCCl)c1. The van der Waals surface area contributed by atoms with Gasteiger partial charge in [-0.1, -0.05) is 0 Å². The lowest BCUT2D eigenvalue weighted by molar-refractivity contribution is 0.310. The molecule has 0 atom stereocenters. The summed E-state index contributed by atoms with van der Waals surface area (Å²) in [5.41, 5.74) is 0. The van der Waals surface area contributed by atoms with Gasteiger partial charge in [0.25, 0.3) is 0 Å². The van der Waals surface area contributed by atoms with E-state index in [0.29, 0.717) is 19.0 Å². The summed E-state index contributed by atoms with van der Waals surface area (Å²) in [5.74, 6) is 0.539. The number of hydrogen-bond donors (Lipinski definition) is 0. The van der Waals surface area contributed by atoms with E-state index in [1.54, 1.807) is 17.9 Å². The molecule has 2 rings (SSSR count). The van der Waals surface area contributed by atoms with Crippen molar-refractivity contribution < 1.29 is 8.42 Å². The minimum atomic E-state index is -3.44. The molecule has 0 N–H and O–H groups in total. The average molecular weight is 335 g/mol. The highest BCUT2D eigenvalue weighted by atomic mass is 35.5. The first-order valence-electron chi connectivity index (χ1n) is 7.31. The lowest BCUT2D eigenvalue weighted by atomic mass is 10.4. The molecular formula is C13H23ClN4O2S. The van der Waals surface area contributed by atoms with Crippen molar-refractivity contribution in [3.05, 3.63) is 12.4 Å². The predicted molar refractivity (Wildman–Crippen MR) is 83.1 cm³/mol. The van der Waals surface area contributed by atoms with Crippen molar-refractivity contribution in [1.82, 2.24) is 19.0 Å². The number of hydrogen-bond acceptors (Lipinski definition) is 4. The molecule has 1 saturated heterocycles. The van der Waals surface area contributed by atoms with E-state index in [1.165, 1.54) is 23.3 Å². The summed E-state index contributed by atoms with van der Waals surface area (Å²) in [5, 5.41) is 4.08. The fraction of sp³-hybridized carbons (Fsp3) is 0.769. The van der Waals surface area contributed by atoms with Crippen molar-refractivity contribution in [2.75, 3.05) is 39.1 Å². The lowest BCUT2D eigenvalue weighted by Gasteiger charge is -2.20. The molecule has 1 fully saturated rings. The number of aryl methyl sites for hydroxylation is 1. The molecule has 1 aliphatic heterocycles. The summed E-state index contributed by atoms with van der Waals surface area (Å²) in [6.45, 7) is 4.08. The number of sulfonamides is 1. The van der Waals surface area contributed by atoms with Gasteiger partial charge >= 0.3 is 0 Å². The van der Waals surface area contributed by atoms with Crippen molar-refractivity contribution in [2.24, 2.45) is 0 Å². The van der Waals surface area contributed by atoms with Crippen LogP contribution in [0.1, 0.15) is 19.3 Å². The Bertz CT molecular complexity index is 540. The number of nitrogens with zero attached hydrogens (tertiary/aromatic N) is 4. The second kappa shape index (κ2) is 7.58. The maximum Gasteiger partial charge on any atom is 0.245 e. The summed E-state index contributed by atoms with van der Waals surface area (Å²) in [4.78, 5) is 2.55. The highest BCUT2D eigenvalue weighted by Crippen LogP contribution is 2.14. The van der Waals surface area contributed by atoms with Crippen LogP contribution in [-0.2, 0) is 16.6 Å². The summed E-state index contributed by atoms with van der Waals surface area (Å²) in [6.07, 6.45) is 6.19. The molecule has 0 saturated carbocycles. The molecule has 0 aliphatic carbocycles. The molecule has 0 radical (unpaired) electrons. The smallest absolute Gasteiger partial charge is 0.245 e. The molecule has 0 amide bonds. The van der Waals surface area contributed by atoms with Crippen LogP contribution >= 0.6 is 11.6 Å². The number of rotatable bonds is 8. The summed E-state index contributed by atoms with van der Waals surface area (Å²) < 4.78 is 27.9. The van der Waals surface area contributed by atoms with Gasteiger partial charge in [-0.15, -0.1) is 11.6 Å². The molecule has 0 spiro atoms. The molecule has 0 aromatic carbocycles. The Morgan fingerprint density at radius 3 is 2.71 bits per heavy atom. The Labute approximate surface area is 131 Å². The van der Waals surface area contributed by atoms with Crippen molar-refractivity contribution in [1.29, 1.82) is 0 Å². The second-order valence-electron chi connectivity index (χ2n) is 5.36. The van der Waals surface area contributed by atoms with Crippen molar-refractivity contribution >= 4 is 21.6 Å². The van der Waals surface area contributed by atoms with E-state index in [9.17, 15) is 8.42 Å².